The maximum absolute atomic E-state index is 12.8. The van der Waals surface area contributed by atoms with Crippen LogP contribution in [0.1, 0.15) is 219 Å². The van der Waals surface area contributed by atoms with Gasteiger partial charge in [-0.3, -0.25) is 13.8 Å². The number of nitrogens with two attached hydrogens (primary N) is 1. The van der Waals surface area contributed by atoms with Crippen LogP contribution >= 0.6 is 7.82 Å². The molecule has 4 atom stereocenters. The number of hydrogen-bond acceptors (Lipinski definition) is 7. The van der Waals surface area contributed by atoms with E-state index >= 15 is 0 Å². The number of carbonyl (C=O) groups is 1. The minimum absolute atomic E-state index is 0.0461. The molecule has 6 N–H and O–H groups in total. The summed E-state index contributed by atoms with van der Waals surface area (Å²) in [6.07, 6.45) is 44.1. The molecule has 4 unspecified atom stereocenters. The van der Waals surface area contributed by atoms with E-state index in [4.69, 9.17) is 14.8 Å². The fraction of sp³-hybridized carbons (Fsp3) is 0.889. The molecule has 0 aromatic carbocycles. The topological polar surface area (TPSA) is 151 Å². The van der Waals surface area contributed by atoms with Crippen LogP contribution < -0.4 is 11.1 Å². The van der Waals surface area contributed by atoms with E-state index in [2.05, 4.69) is 31.3 Å². The first-order valence-corrected chi connectivity index (χ1v) is 24.5. The number of hydrogen-bond donors (Lipinski definition) is 5. The number of rotatable bonds is 43. The number of carbonyl (C=O) groups excluding carboxylic acids is 1. The van der Waals surface area contributed by atoms with Crippen LogP contribution in [0.2, 0.25) is 0 Å². The number of unbranched alkanes of at least 4 members (excludes halogenated alkanes) is 27. The Labute approximate surface area is 339 Å². The minimum Gasteiger partial charge on any atom is -0.393 e. The van der Waals surface area contributed by atoms with Crippen LogP contribution in [0.15, 0.2) is 24.3 Å². The molecule has 0 saturated carbocycles. The second-order valence-corrected chi connectivity index (χ2v) is 17.3. The van der Waals surface area contributed by atoms with Crippen molar-refractivity contribution in [3.63, 3.8) is 0 Å². The average Bonchev–Trinajstić information content (AvgIpc) is 3.16. The molecule has 0 aromatic heterocycles. The summed E-state index contributed by atoms with van der Waals surface area (Å²) in [5, 5.41) is 24.0. The van der Waals surface area contributed by atoms with Gasteiger partial charge < -0.3 is 26.2 Å². The van der Waals surface area contributed by atoms with E-state index in [1.165, 1.54) is 154 Å². The molecule has 0 rings (SSSR count). The molecule has 0 aromatic rings. The van der Waals surface area contributed by atoms with E-state index in [1.807, 2.05) is 6.08 Å². The summed E-state index contributed by atoms with van der Waals surface area (Å²) in [5.74, 6) is -0.453. The lowest BCUT2D eigenvalue weighted by Gasteiger charge is -2.24. The molecular weight excluding hydrogens is 711 g/mol. The van der Waals surface area contributed by atoms with Gasteiger partial charge in [-0.15, -0.1) is 0 Å². The maximum Gasteiger partial charge on any atom is 0.472 e. The number of nitrogens with one attached hydrogen (secondary N) is 1. The monoisotopic (exact) mass is 801 g/mol. The normalized spacial score (nSPS) is 14.8. The summed E-state index contributed by atoms with van der Waals surface area (Å²) in [5.41, 5.74) is 5.36. The van der Waals surface area contributed by atoms with Gasteiger partial charge in [0.2, 0.25) is 5.91 Å². The predicted molar refractivity (Wildman–Crippen MR) is 232 cm³/mol. The summed E-state index contributed by atoms with van der Waals surface area (Å²) in [6, 6.07) is -0.995. The Morgan fingerprint density at radius 2 is 1.04 bits per heavy atom. The second kappa shape index (κ2) is 41.1. The maximum atomic E-state index is 12.8. The Morgan fingerprint density at radius 3 is 1.51 bits per heavy atom. The van der Waals surface area contributed by atoms with Gasteiger partial charge in [-0.05, 0) is 32.1 Å². The van der Waals surface area contributed by atoms with Crippen molar-refractivity contribution in [3.8, 4) is 0 Å². The van der Waals surface area contributed by atoms with Gasteiger partial charge in [0, 0.05) is 6.54 Å². The van der Waals surface area contributed by atoms with E-state index in [9.17, 15) is 24.5 Å². The molecule has 0 fully saturated rings. The highest BCUT2D eigenvalue weighted by molar-refractivity contribution is 7.47. The van der Waals surface area contributed by atoms with Crippen molar-refractivity contribution in [2.45, 2.75) is 238 Å². The van der Waals surface area contributed by atoms with E-state index in [0.717, 1.165) is 32.1 Å². The molecule has 0 spiro atoms. The highest BCUT2D eigenvalue weighted by Crippen LogP contribution is 2.43. The van der Waals surface area contributed by atoms with Crippen molar-refractivity contribution in [1.29, 1.82) is 0 Å². The van der Waals surface area contributed by atoms with E-state index in [-0.39, 0.29) is 19.6 Å². The van der Waals surface area contributed by atoms with Crippen LogP contribution in [0.3, 0.4) is 0 Å². The molecule has 0 bridgehead atoms. The van der Waals surface area contributed by atoms with Crippen LogP contribution in [0, 0.1) is 0 Å². The number of aliphatic hydroxyl groups is 2. The van der Waals surface area contributed by atoms with Gasteiger partial charge in [0.05, 0.1) is 37.9 Å². The van der Waals surface area contributed by atoms with E-state index in [1.54, 1.807) is 6.08 Å². The van der Waals surface area contributed by atoms with Crippen LogP contribution in [0.4, 0.5) is 0 Å². The molecule has 10 heteroatoms. The van der Waals surface area contributed by atoms with E-state index < -0.39 is 38.6 Å². The van der Waals surface area contributed by atoms with Gasteiger partial charge in [0.25, 0.3) is 0 Å². The molecule has 0 radical (unpaired) electrons. The highest BCUT2D eigenvalue weighted by Gasteiger charge is 2.27. The number of amides is 1. The smallest absolute Gasteiger partial charge is 0.393 e. The first-order valence-electron chi connectivity index (χ1n) is 23.0. The van der Waals surface area contributed by atoms with Crippen molar-refractivity contribution >= 4 is 13.7 Å². The summed E-state index contributed by atoms with van der Waals surface area (Å²) >= 11 is 0. The van der Waals surface area contributed by atoms with Gasteiger partial charge in [-0.2, -0.15) is 0 Å². The van der Waals surface area contributed by atoms with Crippen molar-refractivity contribution in [1.82, 2.24) is 5.32 Å². The first kappa shape index (κ1) is 53.9. The zero-order chi connectivity index (χ0) is 40.5. The summed E-state index contributed by atoms with van der Waals surface area (Å²) in [6.45, 7) is 3.97. The number of allylic oxidation sites excluding steroid dienone is 3. The van der Waals surface area contributed by atoms with Crippen molar-refractivity contribution in [3.05, 3.63) is 24.3 Å². The standard InChI is InChI=1S/C45H89N2O7P/c1-3-5-7-9-11-13-15-17-18-19-20-21-22-23-25-27-29-31-33-35-37-44(49)43(41-54-55(51,52)53-39-38-46)47-45(50)40-42(48)36-34-32-30-28-26-24-16-14-12-10-8-6-4-2/h27,29,35,37,42-44,48-49H,3-26,28,30-34,36,38-41,46H2,1-2H3,(H,47,50)(H,51,52)/b29-27+,37-35+. The Morgan fingerprint density at radius 1 is 0.618 bits per heavy atom. The molecule has 55 heavy (non-hydrogen) atoms. The van der Waals surface area contributed by atoms with Gasteiger partial charge in [0.1, 0.15) is 0 Å². The molecule has 9 nitrogen and oxygen atoms in total. The predicted octanol–water partition coefficient (Wildman–Crippen LogP) is 11.9. The van der Waals surface area contributed by atoms with Crippen molar-refractivity contribution in [2.24, 2.45) is 5.73 Å². The van der Waals surface area contributed by atoms with Crippen LogP contribution in [0.25, 0.3) is 0 Å². The minimum atomic E-state index is -4.41. The Balaban J connectivity index is 4.32. The third kappa shape index (κ3) is 39.5. The third-order valence-corrected chi connectivity index (χ3v) is 11.3. The van der Waals surface area contributed by atoms with E-state index in [0.29, 0.717) is 12.8 Å². The van der Waals surface area contributed by atoms with Crippen LogP contribution in [-0.4, -0.2) is 59.0 Å². The molecule has 0 heterocycles. The number of phosphoric ester groups is 1. The van der Waals surface area contributed by atoms with Gasteiger partial charge >= 0.3 is 7.82 Å². The fourth-order valence-electron chi connectivity index (χ4n) is 6.84. The molecule has 0 aliphatic rings. The Kier molecular flexibility index (Phi) is 40.3. The summed E-state index contributed by atoms with van der Waals surface area (Å²) in [4.78, 5) is 22.8. The summed E-state index contributed by atoms with van der Waals surface area (Å²) in [7, 11) is -4.41. The summed E-state index contributed by atoms with van der Waals surface area (Å²) < 4.78 is 22.1. The third-order valence-electron chi connectivity index (χ3n) is 10.3. The molecule has 0 aliphatic heterocycles. The largest absolute Gasteiger partial charge is 0.472 e. The molecule has 0 aliphatic carbocycles. The lowest BCUT2D eigenvalue weighted by atomic mass is 10.0. The fourth-order valence-corrected chi connectivity index (χ4v) is 7.60. The van der Waals surface area contributed by atoms with Gasteiger partial charge in [-0.1, -0.05) is 205 Å². The first-order chi connectivity index (χ1) is 26.8. The van der Waals surface area contributed by atoms with Crippen LogP contribution in [-0.2, 0) is 18.4 Å². The van der Waals surface area contributed by atoms with Gasteiger partial charge in [0.15, 0.2) is 0 Å². The Hall–Kier alpha value is -1.06. The average molecular weight is 801 g/mol. The lowest BCUT2D eigenvalue weighted by Crippen LogP contribution is -2.46. The zero-order valence-corrected chi connectivity index (χ0v) is 36.7. The highest BCUT2D eigenvalue weighted by atomic mass is 31.2. The zero-order valence-electron chi connectivity index (χ0n) is 35.8. The number of phosphoric acid groups is 1. The van der Waals surface area contributed by atoms with Crippen molar-refractivity contribution in [2.75, 3.05) is 19.8 Å². The molecule has 0 saturated heterocycles. The lowest BCUT2D eigenvalue weighted by molar-refractivity contribution is -0.124. The second-order valence-electron chi connectivity index (χ2n) is 15.8. The Bertz CT molecular complexity index is 935. The molecule has 326 valence electrons. The quantitative estimate of drug-likeness (QED) is 0.0232. The molecular formula is C45H89N2O7P. The number of aliphatic hydroxyl groups excluding tert-OH is 2. The van der Waals surface area contributed by atoms with Crippen molar-refractivity contribution < 1.29 is 33.5 Å². The van der Waals surface area contributed by atoms with Crippen LogP contribution in [0.5, 0.6) is 0 Å². The van der Waals surface area contributed by atoms with Gasteiger partial charge in [-0.25, -0.2) is 4.57 Å². The molecule has 1 amide bonds. The SMILES string of the molecule is CCCCCCCCCCCCCCCC/C=C/CC/C=C/C(O)C(COP(=O)(O)OCCN)NC(=O)CC(O)CCCCCCCCCCCCCCC.